The van der Waals surface area contributed by atoms with E-state index in [1.165, 1.54) is 0 Å². The molecule has 8 nitrogen and oxygen atoms in total. The van der Waals surface area contributed by atoms with E-state index in [0.29, 0.717) is 34.7 Å². The van der Waals surface area contributed by atoms with E-state index in [1.807, 2.05) is 19.1 Å². The number of hydrazine groups is 1. The van der Waals surface area contributed by atoms with Crippen LogP contribution in [0.15, 0.2) is 72.8 Å². The third-order valence-electron chi connectivity index (χ3n) is 5.59. The summed E-state index contributed by atoms with van der Waals surface area (Å²) in [6.45, 7) is 4.58. The van der Waals surface area contributed by atoms with E-state index < -0.39 is 11.8 Å². The second kappa shape index (κ2) is 14.5. The van der Waals surface area contributed by atoms with Crippen molar-refractivity contribution in [3.05, 3.63) is 95.1 Å². The van der Waals surface area contributed by atoms with Crippen LogP contribution in [0, 0.1) is 6.92 Å². The summed E-state index contributed by atoms with van der Waals surface area (Å²) in [7, 11) is 0. The number of hydrogen-bond acceptors (Lipinski definition) is 5. The van der Waals surface area contributed by atoms with Gasteiger partial charge in [-0.3, -0.25) is 30.6 Å². The number of rotatable bonds is 10. The first-order valence-electron chi connectivity index (χ1n) is 12.5. The molecule has 0 fully saturated rings. The monoisotopic (exact) mass is 532 g/mol. The maximum Gasteiger partial charge on any atom is 0.269 e. The number of unbranched alkanes of at least 4 members (excludes halogenated alkanes) is 3. The molecule has 0 atom stereocenters. The van der Waals surface area contributed by atoms with E-state index in [4.69, 9.17) is 17.0 Å². The predicted octanol–water partition coefficient (Wildman–Crippen LogP) is 5.16. The van der Waals surface area contributed by atoms with Gasteiger partial charge in [0, 0.05) is 16.8 Å². The number of thiocarbonyl (C=S) groups is 1. The lowest BCUT2D eigenvalue weighted by atomic mass is 10.1. The molecule has 9 heteroatoms. The lowest BCUT2D eigenvalue weighted by Gasteiger charge is -2.13. The predicted molar refractivity (Wildman–Crippen MR) is 152 cm³/mol. The molecule has 38 heavy (non-hydrogen) atoms. The zero-order valence-electron chi connectivity index (χ0n) is 21.5. The van der Waals surface area contributed by atoms with E-state index in [0.717, 1.165) is 31.2 Å². The molecule has 3 rings (SSSR count). The van der Waals surface area contributed by atoms with Crippen molar-refractivity contribution in [3.63, 3.8) is 0 Å². The zero-order chi connectivity index (χ0) is 27.3. The van der Waals surface area contributed by atoms with Gasteiger partial charge in [-0.1, -0.05) is 56.0 Å². The minimum absolute atomic E-state index is 0.0665. The van der Waals surface area contributed by atoms with Crippen molar-refractivity contribution in [3.8, 4) is 5.75 Å². The van der Waals surface area contributed by atoms with Crippen LogP contribution in [0.5, 0.6) is 5.75 Å². The number of ether oxygens (including phenoxy) is 1. The fourth-order valence-corrected chi connectivity index (χ4v) is 3.72. The third kappa shape index (κ3) is 8.70. The molecule has 4 N–H and O–H groups in total. The fraction of sp³-hybridized carbons (Fsp3) is 0.241. The molecule has 0 heterocycles. The lowest BCUT2D eigenvalue weighted by molar-refractivity contribution is 0.0933. The Hall–Kier alpha value is -4.24. The summed E-state index contributed by atoms with van der Waals surface area (Å²) in [6, 6.07) is 20.6. The summed E-state index contributed by atoms with van der Waals surface area (Å²) in [4.78, 5) is 37.6. The SMILES string of the molecule is CCCCCCOc1ccccc1C(=O)NC(=S)NNC(=O)c1ccc(NC(=O)c2cccc(C)c2)cc1. The van der Waals surface area contributed by atoms with Crippen molar-refractivity contribution in [1.82, 2.24) is 16.2 Å². The van der Waals surface area contributed by atoms with Crippen LogP contribution < -0.4 is 26.2 Å². The Balaban J connectivity index is 1.47. The van der Waals surface area contributed by atoms with Gasteiger partial charge in [0.2, 0.25) is 0 Å². The van der Waals surface area contributed by atoms with Crippen molar-refractivity contribution in [1.29, 1.82) is 0 Å². The van der Waals surface area contributed by atoms with Crippen molar-refractivity contribution >= 4 is 40.7 Å². The van der Waals surface area contributed by atoms with Crippen LogP contribution in [-0.2, 0) is 0 Å². The number of carbonyl (C=O) groups excluding carboxylic acids is 3. The number of amides is 3. The standard InChI is InChI=1S/C29H32N4O4S/c1-3-4-5-8-18-37-25-13-7-6-12-24(25)28(36)31-29(38)33-32-27(35)21-14-16-23(17-15-21)30-26(34)22-11-9-10-20(2)19-22/h6-7,9-17,19H,3-5,8,18H2,1-2H3,(H,30,34)(H,32,35)(H2,31,33,36,38). The van der Waals surface area contributed by atoms with Crippen molar-refractivity contribution < 1.29 is 19.1 Å². The molecule has 0 aliphatic heterocycles. The molecular formula is C29H32N4O4S. The average Bonchev–Trinajstić information content (AvgIpc) is 2.92. The normalized spacial score (nSPS) is 10.3. The van der Waals surface area contributed by atoms with Crippen LogP contribution in [0.3, 0.4) is 0 Å². The second-order valence-electron chi connectivity index (χ2n) is 8.67. The number of carbonyl (C=O) groups is 3. The van der Waals surface area contributed by atoms with Crippen LogP contribution >= 0.6 is 12.2 Å². The maximum absolute atomic E-state index is 12.7. The Morgan fingerprint density at radius 3 is 2.29 bits per heavy atom. The van der Waals surface area contributed by atoms with Crippen LogP contribution in [0.1, 0.15) is 69.2 Å². The van der Waals surface area contributed by atoms with Crippen molar-refractivity contribution in [2.24, 2.45) is 0 Å². The molecular weight excluding hydrogens is 500 g/mol. The molecule has 0 aromatic heterocycles. The summed E-state index contributed by atoms with van der Waals surface area (Å²) in [6.07, 6.45) is 4.27. The van der Waals surface area contributed by atoms with Gasteiger partial charge in [0.15, 0.2) is 5.11 Å². The topological polar surface area (TPSA) is 109 Å². The van der Waals surface area contributed by atoms with Gasteiger partial charge in [-0.2, -0.15) is 0 Å². The molecule has 0 bridgehead atoms. The lowest BCUT2D eigenvalue weighted by Crippen LogP contribution is -2.48. The Morgan fingerprint density at radius 1 is 0.789 bits per heavy atom. The van der Waals surface area contributed by atoms with Gasteiger partial charge in [-0.15, -0.1) is 0 Å². The van der Waals surface area contributed by atoms with Gasteiger partial charge in [0.1, 0.15) is 5.75 Å². The van der Waals surface area contributed by atoms with Gasteiger partial charge in [-0.25, -0.2) is 0 Å². The molecule has 3 aromatic rings. The smallest absolute Gasteiger partial charge is 0.269 e. The van der Waals surface area contributed by atoms with Crippen LogP contribution in [-0.4, -0.2) is 29.4 Å². The number of hydrogen-bond donors (Lipinski definition) is 4. The fourth-order valence-electron chi connectivity index (χ4n) is 3.57. The van der Waals surface area contributed by atoms with Crippen LogP contribution in [0.4, 0.5) is 5.69 Å². The third-order valence-corrected chi connectivity index (χ3v) is 5.79. The molecule has 3 aromatic carbocycles. The number of benzene rings is 3. The van der Waals surface area contributed by atoms with Gasteiger partial charge < -0.3 is 10.1 Å². The minimum atomic E-state index is -0.464. The molecule has 3 amide bonds. The van der Waals surface area contributed by atoms with Crippen LogP contribution in [0.25, 0.3) is 0 Å². The Morgan fingerprint density at radius 2 is 1.55 bits per heavy atom. The number of anilines is 1. The van der Waals surface area contributed by atoms with Crippen molar-refractivity contribution in [2.75, 3.05) is 11.9 Å². The number of aryl methyl sites for hydroxylation is 1. The summed E-state index contributed by atoms with van der Waals surface area (Å²) in [5.41, 5.74) is 7.75. The highest BCUT2D eigenvalue weighted by atomic mass is 32.1. The molecule has 0 radical (unpaired) electrons. The summed E-state index contributed by atoms with van der Waals surface area (Å²) < 4.78 is 5.79. The second-order valence-corrected chi connectivity index (χ2v) is 9.08. The first-order valence-corrected chi connectivity index (χ1v) is 12.9. The number of nitrogens with one attached hydrogen (secondary N) is 4. The van der Waals surface area contributed by atoms with Gasteiger partial charge >= 0.3 is 0 Å². The first kappa shape index (κ1) is 28.3. The summed E-state index contributed by atoms with van der Waals surface area (Å²) >= 11 is 5.15. The van der Waals surface area contributed by atoms with Gasteiger partial charge in [0.25, 0.3) is 17.7 Å². The maximum atomic E-state index is 12.7. The first-order chi connectivity index (χ1) is 18.4. The van der Waals surface area contributed by atoms with E-state index in [9.17, 15) is 14.4 Å². The summed E-state index contributed by atoms with van der Waals surface area (Å²) in [5, 5.41) is 5.28. The average molecular weight is 533 g/mol. The van der Waals surface area contributed by atoms with E-state index in [2.05, 4.69) is 28.4 Å². The molecule has 198 valence electrons. The Kier molecular flexibility index (Phi) is 10.8. The molecule has 0 aliphatic carbocycles. The van der Waals surface area contributed by atoms with E-state index in [-0.39, 0.29) is 11.0 Å². The van der Waals surface area contributed by atoms with E-state index in [1.54, 1.807) is 60.7 Å². The van der Waals surface area contributed by atoms with E-state index >= 15 is 0 Å². The molecule has 0 saturated carbocycles. The number of para-hydroxylation sites is 1. The highest BCUT2D eigenvalue weighted by Crippen LogP contribution is 2.18. The van der Waals surface area contributed by atoms with Crippen molar-refractivity contribution in [2.45, 2.75) is 39.5 Å². The molecule has 0 unspecified atom stereocenters. The Bertz CT molecular complexity index is 1280. The highest BCUT2D eigenvalue weighted by molar-refractivity contribution is 7.80. The molecule has 0 spiro atoms. The van der Waals surface area contributed by atoms with Gasteiger partial charge in [-0.05, 0) is 74.1 Å². The van der Waals surface area contributed by atoms with Gasteiger partial charge in [0.05, 0.1) is 12.2 Å². The zero-order valence-corrected chi connectivity index (χ0v) is 22.3. The quantitative estimate of drug-likeness (QED) is 0.163. The highest BCUT2D eigenvalue weighted by Gasteiger charge is 2.14. The summed E-state index contributed by atoms with van der Waals surface area (Å²) in [5.74, 6) is -0.677. The Labute approximate surface area is 228 Å². The molecule has 0 aliphatic rings. The largest absolute Gasteiger partial charge is 0.493 e. The molecule has 0 saturated heterocycles. The van der Waals surface area contributed by atoms with Crippen LogP contribution in [0.2, 0.25) is 0 Å². The minimum Gasteiger partial charge on any atom is -0.493 e.